The van der Waals surface area contributed by atoms with Crippen LogP contribution in [0.3, 0.4) is 0 Å². The van der Waals surface area contributed by atoms with Crippen LogP contribution in [0, 0.1) is 6.92 Å². The molecule has 0 bridgehead atoms. The Balaban J connectivity index is 2.21. The largest absolute Gasteiger partial charge is 0.398 e. The molecule has 0 spiro atoms. The second-order valence-corrected chi connectivity index (χ2v) is 5.16. The van der Waals surface area contributed by atoms with Crippen molar-refractivity contribution < 1.29 is 5.11 Å². The number of unbranched alkanes of at least 4 members (excludes halogenated alkanes) is 3. The van der Waals surface area contributed by atoms with Gasteiger partial charge in [-0.3, -0.25) is 0 Å². The lowest BCUT2D eigenvalue weighted by molar-refractivity contribution is 0.283. The molecule has 1 rings (SSSR count). The topological polar surface area (TPSA) is 46.2 Å². The van der Waals surface area contributed by atoms with Gasteiger partial charge in [0.1, 0.15) is 0 Å². The van der Waals surface area contributed by atoms with Crippen LogP contribution in [-0.2, 0) is 0 Å². The van der Waals surface area contributed by atoms with Gasteiger partial charge < -0.3 is 10.8 Å². The van der Waals surface area contributed by atoms with Crippen LogP contribution in [0.4, 0.5) is 5.69 Å². The molecule has 0 amide bonds. The van der Waals surface area contributed by atoms with E-state index < -0.39 is 0 Å². The zero-order valence-electron chi connectivity index (χ0n) is 9.91. The van der Waals surface area contributed by atoms with E-state index in [0.717, 1.165) is 24.3 Å². The molecular formula is C13H21NOS. The van der Waals surface area contributed by atoms with E-state index in [0.29, 0.717) is 6.61 Å². The van der Waals surface area contributed by atoms with Gasteiger partial charge in [0.2, 0.25) is 0 Å². The number of aryl methyl sites for hydroxylation is 1. The lowest BCUT2D eigenvalue weighted by Gasteiger charge is -2.06. The van der Waals surface area contributed by atoms with Crippen molar-refractivity contribution in [1.29, 1.82) is 0 Å². The summed E-state index contributed by atoms with van der Waals surface area (Å²) in [5, 5.41) is 8.64. The number of anilines is 1. The number of rotatable bonds is 7. The molecule has 1 aromatic rings. The van der Waals surface area contributed by atoms with Crippen molar-refractivity contribution in [3.8, 4) is 0 Å². The summed E-state index contributed by atoms with van der Waals surface area (Å²) in [5.41, 5.74) is 8.03. The van der Waals surface area contributed by atoms with Crippen LogP contribution < -0.4 is 5.73 Å². The van der Waals surface area contributed by atoms with Gasteiger partial charge in [0.25, 0.3) is 0 Å². The van der Waals surface area contributed by atoms with Gasteiger partial charge in [-0.1, -0.05) is 18.9 Å². The van der Waals surface area contributed by atoms with Gasteiger partial charge in [-0.25, -0.2) is 0 Å². The van der Waals surface area contributed by atoms with Gasteiger partial charge >= 0.3 is 0 Å². The van der Waals surface area contributed by atoms with Crippen molar-refractivity contribution in [3.05, 3.63) is 23.8 Å². The Morgan fingerprint density at radius 3 is 2.62 bits per heavy atom. The highest BCUT2D eigenvalue weighted by molar-refractivity contribution is 7.99. The van der Waals surface area contributed by atoms with Gasteiger partial charge in [0, 0.05) is 17.2 Å². The fourth-order valence-corrected chi connectivity index (χ4v) is 2.51. The Morgan fingerprint density at radius 2 is 1.94 bits per heavy atom. The Bertz CT molecular complexity index is 315. The first kappa shape index (κ1) is 13.4. The smallest absolute Gasteiger partial charge is 0.0454 e. The molecule has 0 saturated carbocycles. The summed E-state index contributed by atoms with van der Waals surface area (Å²) in [6.07, 6.45) is 4.44. The summed E-state index contributed by atoms with van der Waals surface area (Å²) in [5.74, 6) is 1.11. The van der Waals surface area contributed by atoms with Crippen LogP contribution in [0.2, 0.25) is 0 Å². The van der Waals surface area contributed by atoms with Gasteiger partial charge in [0.05, 0.1) is 0 Å². The normalized spacial score (nSPS) is 10.6. The Kier molecular flexibility index (Phi) is 6.34. The minimum absolute atomic E-state index is 0.318. The van der Waals surface area contributed by atoms with Gasteiger partial charge in [0.15, 0.2) is 0 Å². The standard InChI is InChI=1S/C13H21NOS/c1-11-6-7-13(12(14)10-11)16-9-5-3-2-4-8-15/h6-7,10,15H,2-5,8-9,14H2,1H3. The second-order valence-electron chi connectivity index (χ2n) is 4.03. The Morgan fingerprint density at radius 1 is 1.19 bits per heavy atom. The molecule has 0 atom stereocenters. The highest BCUT2D eigenvalue weighted by Crippen LogP contribution is 2.26. The molecule has 1 aromatic carbocycles. The summed E-state index contributed by atoms with van der Waals surface area (Å²) < 4.78 is 0. The van der Waals surface area contributed by atoms with Crippen molar-refractivity contribution in [2.75, 3.05) is 18.1 Å². The van der Waals surface area contributed by atoms with Crippen LogP contribution in [0.15, 0.2) is 23.1 Å². The first-order valence-corrected chi connectivity index (χ1v) is 6.82. The maximum Gasteiger partial charge on any atom is 0.0454 e. The predicted molar refractivity (Wildman–Crippen MR) is 71.9 cm³/mol. The van der Waals surface area contributed by atoms with Crippen LogP contribution in [-0.4, -0.2) is 17.5 Å². The molecule has 0 aliphatic rings. The maximum atomic E-state index is 8.64. The molecule has 0 aliphatic carbocycles. The molecule has 3 N–H and O–H groups in total. The van der Waals surface area contributed by atoms with Crippen molar-refractivity contribution >= 4 is 17.4 Å². The molecule has 0 heterocycles. The number of hydrogen-bond acceptors (Lipinski definition) is 3. The molecule has 0 saturated heterocycles. The van der Waals surface area contributed by atoms with Crippen molar-refractivity contribution in [1.82, 2.24) is 0 Å². The molecule has 2 nitrogen and oxygen atoms in total. The Labute approximate surface area is 102 Å². The van der Waals surface area contributed by atoms with Crippen LogP contribution >= 0.6 is 11.8 Å². The zero-order valence-corrected chi connectivity index (χ0v) is 10.7. The number of nitrogen functional groups attached to an aromatic ring is 1. The summed E-state index contributed by atoms with van der Waals surface area (Å²) in [6, 6.07) is 6.22. The summed E-state index contributed by atoms with van der Waals surface area (Å²) >= 11 is 1.83. The molecule has 0 radical (unpaired) electrons. The van der Waals surface area contributed by atoms with E-state index in [1.165, 1.54) is 23.3 Å². The zero-order chi connectivity index (χ0) is 11.8. The third-order valence-corrected chi connectivity index (χ3v) is 3.65. The first-order chi connectivity index (χ1) is 7.74. The van der Waals surface area contributed by atoms with Gasteiger partial charge in [-0.15, -0.1) is 11.8 Å². The quantitative estimate of drug-likeness (QED) is 0.436. The van der Waals surface area contributed by atoms with E-state index >= 15 is 0 Å². The SMILES string of the molecule is Cc1ccc(SCCCCCCO)c(N)c1. The van der Waals surface area contributed by atoms with Crippen molar-refractivity contribution in [3.63, 3.8) is 0 Å². The average Bonchev–Trinajstić information content (AvgIpc) is 2.26. The lowest BCUT2D eigenvalue weighted by atomic mass is 10.2. The molecular weight excluding hydrogens is 218 g/mol. The number of aliphatic hydroxyl groups is 1. The summed E-state index contributed by atoms with van der Waals surface area (Å²) in [7, 11) is 0. The van der Waals surface area contributed by atoms with E-state index in [2.05, 4.69) is 19.1 Å². The molecule has 0 aromatic heterocycles. The van der Waals surface area contributed by atoms with E-state index in [9.17, 15) is 0 Å². The number of nitrogens with two attached hydrogens (primary N) is 1. The number of aliphatic hydroxyl groups excluding tert-OH is 1. The van der Waals surface area contributed by atoms with Crippen LogP contribution in [0.1, 0.15) is 31.2 Å². The lowest BCUT2D eigenvalue weighted by Crippen LogP contribution is -1.91. The number of thioether (sulfide) groups is 1. The van der Waals surface area contributed by atoms with E-state index in [1.54, 1.807) is 0 Å². The molecule has 0 aliphatic heterocycles. The highest BCUT2D eigenvalue weighted by Gasteiger charge is 1.99. The van der Waals surface area contributed by atoms with Crippen LogP contribution in [0.25, 0.3) is 0 Å². The molecule has 0 fully saturated rings. The average molecular weight is 239 g/mol. The fourth-order valence-electron chi connectivity index (χ4n) is 1.55. The van der Waals surface area contributed by atoms with E-state index in [1.807, 2.05) is 17.8 Å². The van der Waals surface area contributed by atoms with Crippen LogP contribution in [0.5, 0.6) is 0 Å². The third-order valence-electron chi connectivity index (χ3n) is 2.48. The van der Waals surface area contributed by atoms with Crippen molar-refractivity contribution in [2.24, 2.45) is 0 Å². The summed E-state index contributed by atoms with van der Waals surface area (Å²) in [4.78, 5) is 1.19. The third kappa shape index (κ3) is 4.90. The molecule has 0 unspecified atom stereocenters. The van der Waals surface area contributed by atoms with E-state index in [-0.39, 0.29) is 0 Å². The van der Waals surface area contributed by atoms with Gasteiger partial charge in [-0.05, 0) is 43.2 Å². The van der Waals surface area contributed by atoms with Gasteiger partial charge in [-0.2, -0.15) is 0 Å². The number of hydrogen-bond donors (Lipinski definition) is 2. The minimum atomic E-state index is 0.318. The summed E-state index contributed by atoms with van der Waals surface area (Å²) in [6.45, 7) is 2.37. The highest BCUT2D eigenvalue weighted by atomic mass is 32.2. The molecule has 90 valence electrons. The first-order valence-electron chi connectivity index (χ1n) is 5.84. The minimum Gasteiger partial charge on any atom is -0.398 e. The number of benzene rings is 1. The predicted octanol–water partition coefficient (Wildman–Crippen LogP) is 3.22. The van der Waals surface area contributed by atoms with E-state index in [4.69, 9.17) is 10.8 Å². The monoisotopic (exact) mass is 239 g/mol. The fraction of sp³-hybridized carbons (Fsp3) is 0.538. The Hall–Kier alpha value is -0.670. The maximum absolute atomic E-state index is 8.64. The molecule has 3 heteroatoms. The molecule has 16 heavy (non-hydrogen) atoms. The second kappa shape index (κ2) is 7.58. The van der Waals surface area contributed by atoms with Crippen molar-refractivity contribution in [2.45, 2.75) is 37.5 Å².